The first kappa shape index (κ1) is 14.0. The minimum Gasteiger partial charge on any atom is -0.397 e. The van der Waals surface area contributed by atoms with Crippen LogP contribution in [0.5, 0.6) is 0 Å². The van der Waals surface area contributed by atoms with Crippen LogP contribution in [-0.4, -0.2) is 0 Å². The predicted molar refractivity (Wildman–Crippen MR) is 84.1 cm³/mol. The van der Waals surface area contributed by atoms with Crippen molar-refractivity contribution in [1.82, 2.24) is 0 Å². The van der Waals surface area contributed by atoms with Gasteiger partial charge in [-0.3, -0.25) is 0 Å². The van der Waals surface area contributed by atoms with E-state index in [1.165, 1.54) is 0 Å². The average Bonchev–Trinajstić information content (AvgIpc) is 2.32. The molecule has 0 fully saturated rings. The van der Waals surface area contributed by atoms with Crippen LogP contribution < -0.4 is 11.1 Å². The van der Waals surface area contributed by atoms with Gasteiger partial charge in [0.2, 0.25) is 0 Å². The molecule has 2 aromatic rings. The number of anilines is 2. The van der Waals surface area contributed by atoms with E-state index in [1.54, 1.807) is 6.07 Å². The van der Waals surface area contributed by atoms with Crippen LogP contribution in [0, 0.1) is 6.92 Å². The molecular formula is C15H16Cl2N2. The molecule has 1 unspecified atom stereocenters. The Morgan fingerprint density at radius 2 is 1.84 bits per heavy atom. The zero-order chi connectivity index (χ0) is 14.0. The van der Waals surface area contributed by atoms with Crippen LogP contribution in [0.3, 0.4) is 0 Å². The first-order valence-corrected chi connectivity index (χ1v) is 6.80. The third-order valence-corrected chi connectivity index (χ3v) is 3.57. The third kappa shape index (κ3) is 3.34. The Morgan fingerprint density at radius 3 is 2.47 bits per heavy atom. The molecule has 0 aromatic heterocycles. The molecule has 0 spiro atoms. The summed E-state index contributed by atoms with van der Waals surface area (Å²) < 4.78 is 0. The van der Waals surface area contributed by atoms with E-state index in [0.717, 1.165) is 22.5 Å². The fourth-order valence-corrected chi connectivity index (χ4v) is 2.55. The van der Waals surface area contributed by atoms with E-state index in [9.17, 15) is 0 Å². The molecule has 0 aliphatic rings. The summed E-state index contributed by atoms with van der Waals surface area (Å²) in [6.07, 6.45) is 0. The second-order valence-corrected chi connectivity index (χ2v) is 5.47. The van der Waals surface area contributed by atoms with Gasteiger partial charge in [0.25, 0.3) is 0 Å². The van der Waals surface area contributed by atoms with Gasteiger partial charge in [0.15, 0.2) is 0 Å². The highest BCUT2D eigenvalue weighted by atomic mass is 35.5. The molecule has 0 saturated heterocycles. The first-order chi connectivity index (χ1) is 8.97. The summed E-state index contributed by atoms with van der Waals surface area (Å²) in [5.74, 6) is 0. The van der Waals surface area contributed by atoms with Crippen molar-refractivity contribution in [2.24, 2.45) is 0 Å². The van der Waals surface area contributed by atoms with Crippen molar-refractivity contribution >= 4 is 34.6 Å². The van der Waals surface area contributed by atoms with Crippen LogP contribution in [0.2, 0.25) is 10.0 Å². The molecule has 0 radical (unpaired) electrons. The van der Waals surface area contributed by atoms with Gasteiger partial charge < -0.3 is 11.1 Å². The number of rotatable bonds is 3. The largest absolute Gasteiger partial charge is 0.397 e. The fourth-order valence-electron chi connectivity index (χ4n) is 1.98. The highest BCUT2D eigenvalue weighted by Gasteiger charge is 2.11. The van der Waals surface area contributed by atoms with E-state index >= 15 is 0 Å². The van der Waals surface area contributed by atoms with Crippen molar-refractivity contribution in [3.05, 3.63) is 57.6 Å². The highest BCUT2D eigenvalue weighted by molar-refractivity contribution is 6.35. The second kappa shape index (κ2) is 5.72. The van der Waals surface area contributed by atoms with Gasteiger partial charge in [-0.25, -0.2) is 0 Å². The Balaban J connectivity index is 2.23. The van der Waals surface area contributed by atoms with Gasteiger partial charge in [-0.15, -0.1) is 0 Å². The molecular weight excluding hydrogens is 279 g/mol. The van der Waals surface area contributed by atoms with E-state index < -0.39 is 0 Å². The van der Waals surface area contributed by atoms with Crippen LogP contribution in [0.25, 0.3) is 0 Å². The number of hydrogen-bond donors (Lipinski definition) is 2. The highest BCUT2D eigenvalue weighted by Crippen LogP contribution is 2.30. The molecule has 0 heterocycles. The lowest BCUT2D eigenvalue weighted by atomic mass is 10.1. The molecule has 19 heavy (non-hydrogen) atoms. The van der Waals surface area contributed by atoms with Crippen LogP contribution >= 0.6 is 23.2 Å². The lowest BCUT2D eigenvalue weighted by Gasteiger charge is -2.18. The molecule has 2 rings (SSSR count). The van der Waals surface area contributed by atoms with Crippen LogP contribution in [0.4, 0.5) is 11.4 Å². The lowest BCUT2D eigenvalue weighted by molar-refractivity contribution is 0.886. The number of nitrogens with two attached hydrogens (primary N) is 1. The molecule has 2 aromatic carbocycles. The van der Waals surface area contributed by atoms with Gasteiger partial charge in [-0.1, -0.05) is 35.3 Å². The molecule has 3 N–H and O–H groups in total. The number of nitrogens with one attached hydrogen (secondary N) is 1. The van der Waals surface area contributed by atoms with Crippen LogP contribution in [0.15, 0.2) is 36.4 Å². The van der Waals surface area contributed by atoms with Gasteiger partial charge in [0.05, 0.1) is 17.4 Å². The lowest BCUT2D eigenvalue weighted by Crippen LogP contribution is -2.09. The summed E-state index contributed by atoms with van der Waals surface area (Å²) in [5, 5.41) is 4.65. The fraction of sp³-hybridized carbons (Fsp3) is 0.200. The van der Waals surface area contributed by atoms with Crippen molar-refractivity contribution < 1.29 is 0 Å². The summed E-state index contributed by atoms with van der Waals surface area (Å²) in [4.78, 5) is 0. The van der Waals surface area contributed by atoms with Gasteiger partial charge in [-0.05, 0) is 49.2 Å². The maximum Gasteiger partial charge on any atom is 0.0578 e. The maximum absolute atomic E-state index is 6.20. The molecule has 0 aliphatic heterocycles. The van der Waals surface area contributed by atoms with E-state index in [0.29, 0.717) is 10.0 Å². The summed E-state index contributed by atoms with van der Waals surface area (Å²) in [7, 11) is 0. The third-order valence-electron chi connectivity index (χ3n) is 3.01. The summed E-state index contributed by atoms with van der Waals surface area (Å²) in [6, 6.07) is 11.5. The quantitative estimate of drug-likeness (QED) is 0.777. The first-order valence-electron chi connectivity index (χ1n) is 6.05. The maximum atomic E-state index is 6.20. The molecule has 0 bridgehead atoms. The Bertz CT molecular complexity index is 597. The Hall–Kier alpha value is -1.38. The average molecular weight is 295 g/mol. The Labute approximate surface area is 123 Å². The van der Waals surface area contributed by atoms with Gasteiger partial charge >= 0.3 is 0 Å². The Morgan fingerprint density at radius 1 is 1.11 bits per heavy atom. The standard InChI is InChI=1S/C15H16Cl2N2/c1-9-3-6-15(14(18)7-9)19-10(2)12-5-4-11(16)8-13(12)17/h3-8,10,19H,18H2,1-2H3. The van der Waals surface area contributed by atoms with Gasteiger partial charge in [-0.2, -0.15) is 0 Å². The zero-order valence-corrected chi connectivity index (χ0v) is 12.4. The molecule has 0 aliphatic carbocycles. The second-order valence-electron chi connectivity index (χ2n) is 4.62. The number of benzene rings is 2. The Kier molecular flexibility index (Phi) is 4.23. The summed E-state index contributed by atoms with van der Waals surface area (Å²) in [5.41, 5.74) is 9.76. The number of nitrogen functional groups attached to an aromatic ring is 1. The normalized spacial score (nSPS) is 12.2. The SMILES string of the molecule is Cc1ccc(NC(C)c2ccc(Cl)cc2Cl)c(N)c1. The number of aryl methyl sites for hydroxylation is 1. The zero-order valence-electron chi connectivity index (χ0n) is 10.9. The molecule has 4 heteroatoms. The number of hydrogen-bond acceptors (Lipinski definition) is 2. The van der Waals surface area contributed by atoms with Crippen molar-refractivity contribution in [2.75, 3.05) is 11.1 Å². The monoisotopic (exact) mass is 294 g/mol. The topological polar surface area (TPSA) is 38.0 Å². The van der Waals surface area contributed by atoms with Crippen molar-refractivity contribution in [1.29, 1.82) is 0 Å². The van der Waals surface area contributed by atoms with Crippen molar-refractivity contribution in [2.45, 2.75) is 19.9 Å². The molecule has 100 valence electrons. The minimum atomic E-state index is 0.0507. The predicted octanol–water partition coefficient (Wildman–Crippen LogP) is 5.06. The van der Waals surface area contributed by atoms with Crippen LogP contribution in [0.1, 0.15) is 24.1 Å². The smallest absolute Gasteiger partial charge is 0.0578 e. The minimum absolute atomic E-state index is 0.0507. The van der Waals surface area contributed by atoms with E-state index in [2.05, 4.69) is 5.32 Å². The van der Waals surface area contributed by atoms with Crippen molar-refractivity contribution in [3.8, 4) is 0 Å². The van der Waals surface area contributed by atoms with Gasteiger partial charge in [0, 0.05) is 10.0 Å². The molecule has 2 nitrogen and oxygen atoms in total. The number of halogens is 2. The summed E-state index contributed by atoms with van der Waals surface area (Å²) >= 11 is 12.1. The summed E-state index contributed by atoms with van der Waals surface area (Å²) in [6.45, 7) is 4.05. The van der Waals surface area contributed by atoms with Crippen molar-refractivity contribution in [3.63, 3.8) is 0 Å². The molecule has 1 atom stereocenters. The molecule has 0 saturated carbocycles. The van der Waals surface area contributed by atoms with E-state index in [4.69, 9.17) is 28.9 Å². The van der Waals surface area contributed by atoms with E-state index in [-0.39, 0.29) is 6.04 Å². The van der Waals surface area contributed by atoms with Crippen LogP contribution in [-0.2, 0) is 0 Å². The molecule has 0 amide bonds. The van der Waals surface area contributed by atoms with E-state index in [1.807, 2.05) is 44.2 Å². The van der Waals surface area contributed by atoms with Gasteiger partial charge in [0.1, 0.15) is 0 Å².